The maximum atomic E-state index is 12.8. The number of rotatable bonds is 4. The fourth-order valence-corrected chi connectivity index (χ4v) is 5.33. The standard InChI is InChI=1S/C17H17BrN2O3S2/c1-9-7-13(5-6-14(9)18)20-25(21,22)16-8-15(24-12(16)4)17-10(2)11(3)19-23-17/h5-8,20H,1-4H3. The lowest BCUT2D eigenvalue weighted by Crippen LogP contribution is -2.13. The molecule has 0 saturated carbocycles. The molecule has 2 aromatic heterocycles. The van der Waals surface area contributed by atoms with Crippen LogP contribution in [0.4, 0.5) is 5.69 Å². The Morgan fingerprint density at radius 2 is 1.88 bits per heavy atom. The first-order valence-electron chi connectivity index (χ1n) is 7.51. The Balaban J connectivity index is 1.97. The van der Waals surface area contributed by atoms with Crippen molar-refractivity contribution < 1.29 is 12.9 Å². The normalized spacial score (nSPS) is 11.7. The summed E-state index contributed by atoms with van der Waals surface area (Å²) in [6.45, 7) is 7.46. The number of anilines is 1. The quantitative estimate of drug-likeness (QED) is 0.604. The Morgan fingerprint density at radius 1 is 1.16 bits per heavy atom. The minimum Gasteiger partial charge on any atom is -0.355 e. The van der Waals surface area contributed by atoms with E-state index in [-0.39, 0.29) is 4.90 Å². The van der Waals surface area contributed by atoms with Crippen LogP contribution >= 0.6 is 27.3 Å². The van der Waals surface area contributed by atoms with E-state index in [2.05, 4.69) is 25.8 Å². The van der Waals surface area contributed by atoms with E-state index in [1.807, 2.05) is 26.8 Å². The van der Waals surface area contributed by atoms with Crippen molar-refractivity contribution in [1.82, 2.24) is 5.16 Å². The number of halogens is 1. The van der Waals surface area contributed by atoms with Gasteiger partial charge < -0.3 is 4.52 Å². The Bertz CT molecular complexity index is 1050. The van der Waals surface area contributed by atoms with Gasteiger partial charge in [0.2, 0.25) is 0 Å². The molecule has 8 heteroatoms. The zero-order valence-electron chi connectivity index (χ0n) is 14.2. The molecule has 0 aliphatic heterocycles. The van der Waals surface area contributed by atoms with Crippen molar-refractivity contribution in [2.75, 3.05) is 4.72 Å². The molecule has 3 rings (SSSR count). The number of thiophene rings is 1. The van der Waals surface area contributed by atoms with E-state index in [0.717, 1.165) is 26.2 Å². The molecule has 3 aromatic rings. The van der Waals surface area contributed by atoms with Gasteiger partial charge in [0.05, 0.1) is 10.6 Å². The van der Waals surface area contributed by atoms with Crippen LogP contribution in [0.15, 0.2) is 38.2 Å². The number of sulfonamides is 1. The first-order valence-corrected chi connectivity index (χ1v) is 10.6. The summed E-state index contributed by atoms with van der Waals surface area (Å²) in [4.78, 5) is 1.70. The van der Waals surface area contributed by atoms with E-state index in [0.29, 0.717) is 16.3 Å². The molecule has 0 aliphatic carbocycles. The fourth-order valence-electron chi connectivity index (χ4n) is 2.41. The van der Waals surface area contributed by atoms with Gasteiger partial charge in [-0.05, 0) is 57.5 Å². The second kappa shape index (κ2) is 6.59. The van der Waals surface area contributed by atoms with E-state index >= 15 is 0 Å². The number of aromatic nitrogens is 1. The molecule has 0 bridgehead atoms. The van der Waals surface area contributed by atoms with E-state index in [4.69, 9.17) is 4.52 Å². The van der Waals surface area contributed by atoms with Crippen molar-refractivity contribution >= 4 is 43.0 Å². The highest BCUT2D eigenvalue weighted by Gasteiger charge is 2.23. The molecule has 2 heterocycles. The van der Waals surface area contributed by atoms with Crippen LogP contribution in [-0.2, 0) is 10.0 Å². The zero-order chi connectivity index (χ0) is 18.4. The van der Waals surface area contributed by atoms with E-state index in [1.54, 1.807) is 25.1 Å². The molecule has 0 aliphatic rings. The van der Waals surface area contributed by atoms with Crippen molar-refractivity contribution in [3.63, 3.8) is 0 Å². The monoisotopic (exact) mass is 440 g/mol. The number of aryl methyl sites for hydroxylation is 3. The lowest BCUT2D eigenvalue weighted by molar-refractivity contribution is 0.427. The second-order valence-electron chi connectivity index (χ2n) is 5.82. The molecular formula is C17H17BrN2O3S2. The van der Waals surface area contributed by atoms with Gasteiger partial charge in [-0.15, -0.1) is 11.3 Å². The van der Waals surface area contributed by atoms with Crippen molar-refractivity contribution in [2.45, 2.75) is 32.6 Å². The minimum atomic E-state index is -3.68. The average molecular weight is 441 g/mol. The molecule has 0 unspecified atom stereocenters. The predicted molar refractivity (Wildman–Crippen MR) is 104 cm³/mol. The van der Waals surface area contributed by atoms with Gasteiger partial charge in [0.1, 0.15) is 4.90 Å². The molecule has 0 spiro atoms. The van der Waals surface area contributed by atoms with E-state index in [1.165, 1.54) is 11.3 Å². The number of nitrogens with one attached hydrogen (secondary N) is 1. The third-order valence-corrected chi connectivity index (χ3v) is 7.53. The lowest BCUT2D eigenvalue weighted by Gasteiger charge is -2.09. The molecule has 0 fully saturated rings. The number of nitrogens with zero attached hydrogens (tertiary/aromatic N) is 1. The van der Waals surface area contributed by atoms with Crippen LogP contribution in [0.25, 0.3) is 10.6 Å². The third kappa shape index (κ3) is 3.51. The Morgan fingerprint density at radius 3 is 2.48 bits per heavy atom. The third-order valence-electron chi connectivity index (χ3n) is 3.95. The Labute approximate surface area is 159 Å². The van der Waals surface area contributed by atoms with Crippen LogP contribution in [-0.4, -0.2) is 13.6 Å². The van der Waals surface area contributed by atoms with E-state index < -0.39 is 10.0 Å². The van der Waals surface area contributed by atoms with Crippen molar-refractivity contribution in [2.24, 2.45) is 0 Å². The SMILES string of the molecule is Cc1cc(NS(=O)(=O)c2cc(-c3onc(C)c3C)sc2C)ccc1Br. The van der Waals surface area contributed by atoms with Gasteiger partial charge in [0, 0.05) is 20.6 Å². The summed E-state index contributed by atoms with van der Waals surface area (Å²) in [7, 11) is -3.68. The fraction of sp³-hybridized carbons (Fsp3) is 0.235. The van der Waals surface area contributed by atoms with Gasteiger partial charge in [0.25, 0.3) is 10.0 Å². The molecule has 0 saturated heterocycles. The van der Waals surface area contributed by atoms with Gasteiger partial charge >= 0.3 is 0 Å². The number of benzene rings is 1. The van der Waals surface area contributed by atoms with Crippen LogP contribution < -0.4 is 4.72 Å². The summed E-state index contributed by atoms with van der Waals surface area (Å²) in [6, 6.07) is 6.97. The lowest BCUT2D eigenvalue weighted by atomic mass is 10.2. The molecule has 132 valence electrons. The number of hydrogen-bond acceptors (Lipinski definition) is 5. The first-order chi connectivity index (χ1) is 11.7. The maximum absolute atomic E-state index is 12.8. The summed E-state index contributed by atoms with van der Waals surface area (Å²) >= 11 is 4.79. The Hall–Kier alpha value is -1.64. The van der Waals surface area contributed by atoms with E-state index in [9.17, 15) is 8.42 Å². The maximum Gasteiger partial charge on any atom is 0.263 e. The van der Waals surface area contributed by atoms with Crippen molar-refractivity contribution in [1.29, 1.82) is 0 Å². The van der Waals surface area contributed by atoms with Gasteiger partial charge in [-0.25, -0.2) is 8.42 Å². The summed E-state index contributed by atoms with van der Waals surface area (Å²) < 4.78 is 34.5. The molecule has 0 atom stereocenters. The van der Waals surface area contributed by atoms with Crippen LogP contribution in [0.1, 0.15) is 21.7 Å². The van der Waals surface area contributed by atoms with Crippen LogP contribution in [0.3, 0.4) is 0 Å². The van der Waals surface area contributed by atoms with Crippen LogP contribution in [0, 0.1) is 27.7 Å². The summed E-state index contributed by atoms with van der Waals surface area (Å²) in [5.41, 5.74) is 3.20. The molecule has 1 aromatic carbocycles. The summed E-state index contributed by atoms with van der Waals surface area (Å²) in [5.74, 6) is 0.617. The molecule has 0 radical (unpaired) electrons. The van der Waals surface area contributed by atoms with Crippen molar-refractivity contribution in [3.05, 3.63) is 50.4 Å². The molecule has 25 heavy (non-hydrogen) atoms. The van der Waals surface area contributed by atoms with Gasteiger partial charge in [-0.2, -0.15) is 0 Å². The van der Waals surface area contributed by atoms with Crippen LogP contribution in [0.2, 0.25) is 0 Å². The predicted octanol–water partition coefficient (Wildman–Crippen LogP) is 5.20. The first kappa shape index (κ1) is 18.2. The topological polar surface area (TPSA) is 72.2 Å². The zero-order valence-corrected chi connectivity index (χ0v) is 17.4. The van der Waals surface area contributed by atoms with Crippen molar-refractivity contribution in [3.8, 4) is 10.6 Å². The van der Waals surface area contributed by atoms with Gasteiger partial charge in [-0.3, -0.25) is 4.72 Å². The molecular weight excluding hydrogens is 424 g/mol. The number of hydrogen-bond donors (Lipinski definition) is 1. The second-order valence-corrected chi connectivity index (χ2v) is 9.58. The molecule has 5 nitrogen and oxygen atoms in total. The summed E-state index contributed by atoms with van der Waals surface area (Å²) in [5, 5.41) is 3.94. The Kier molecular flexibility index (Phi) is 4.78. The highest BCUT2D eigenvalue weighted by atomic mass is 79.9. The average Bonchev–Trinajstić information content (AvgIpc) is 3.07. The minimum absolute atomic E-state index is 0.251. The largest absolute Gasteiger partial charge is 0.355 e. The highest BCUT2D eigenvalue weighted by Crippen LogP contribution is 2.36. The van der Waals surface area contributed by atoms with Gasteiger partial charge in [-0.1, -0.05) is 21.1 Å². The highest BCUT2D eigenvalue weighted by molar-refractivity contribution is 9.10. The molecule has 0 amide bonds. The molecule has 1 N–H and O–H groups in total. The summed E-state index contributed by atoms with van der Waals surface area (Å²) in [6.07, 6.45) is 0. The van der Waals surface area contributed by atoms with Crippen LogP contribution in [0.5, 0.6) is 0 Å². The smallest absolute Gasteiger partial charge is 0.263 e. The van der Waals surface area contributed by atoms with Gasteiger partial charge in [0.15, 0.2) is 5.76 Å².